The summed E-state index contributed by atoms with van der Waals surface area (Å²) in [5, 5.41) is 8.57. The second kappa shape index (κ2) is 7.78. The van der Waals surface area contributed by atoms with E-state index in [2.05, 4.69) is 52.2 Å². The number of hydrogen-bond acceptors (Lipinski definition) is 0. The van der Waals surface area contributed by atoms with Crippen molar-refractivity contribution in [2.75, 3.05) is 0 Å². The quantitative estimate of drug-likeness (QED) is 0.434. The topological polar surface area (TPSA) is 28.2 Å². The molecule has 0 radical (unpaired) electrons. The molecular weight excluding hydrogens is 162 g/mol. The Bertz CT molecular complexity index is 136. The molecule has 0 atom stereocenters. The van der Waals surface area contributed by atoms with Gasteiger partial charge in [-0.1, -0.05) is 41.5 Å². The predicted molar refractivity (Wildman–Crippen MR) is 55.4 cm³/mol. The molecule has 0 aliphatic carbocycles. The van der Waals surface area contributed by atoms with E-state index in [1.807, 2.05) is 0 Å². The Morgan fingerprint density at radius 2 is 0.857 bits per heavy atom. The fourth-order valence-electron chi connectivity index (χ4n) is 0.514. The Labute approximate surface area is 113 Å². The maximum absolute atomic E-state index is 4.29. The van der Waals surface area contributed by atoms with Crippen molar-refractivity contribution in [3.63, 3.8) is 0 Å². The number of hydrogen-bond donors (Lipinski definition) is 0. The van der Waals surface area contributed by atoms with E-state index in [4.69, 9.17) is 0 Å². The molecule has 0 aromatic heterocycles. The van der Waals surface area contributed by atoms with E-state index in [-0.39, 0.29) is 48.8 Å². The zero-order chi connectivity index (χ0) is 9.83. The van der Waals surface area contributed by atoms with Crippen LogP contribution in [0.1, 0.15) is 41.5 Å². The SMILES string of the molecule is CC(C)(C)[N-]/C=C\[N-]C(C)(C)C.[Li+].[Li+]. The summed E-state index contributed by atoms with van der Waals surface area (Å²) < 4.78 is 0. The Morgan fingerprint density at radius 3 is 1.00 bits per heavy atom. The average molecular weight is 182 g/mol. The first-order chi connectivity index (χ1) is 5.21. The Kier molecular flexibility index (Phi) is 11.1. The Morgan fingerprint density at radius 1 is 0.643 bits per heavy atom. The monoisotopic (exact) mass is 182 g/mol. The van der Waals surface area contributed by atoms with Crippen LogP contribution in [0.4, 0.5) is 0 Å². The fourth-order valence-corrected chi connectivity index (χ4v) is 0.514. The number of nitrogens with zero attached hydrogens (tertiary/aromatic N) is 2. The van der Waals surface area contributed by atoms with Gasteiger partial charge in [-0.3, -0.25) is 0 Å². The van der Waals surface area contributed by atoms with Crippen LogP contribution in [0.15, 0.2) is 12.4 Å². The van der Waals surface area contributed by atoms with Gasteiger partial charge in [-0.25, -0.2) is 12.4 Å². The van der Waals surface area contributed by atoms with Gasteiger partial charge in [0.2, 0.25) is 0 Å². The van der Waals surface area contributed by atoms with Crippen LogP contribution in [0, 0.1) is 0 Å². The molecule has 0 aliphatic heterocycles. The molecule has 0 aromatic carbocycles. The Hall–Kier alpha value is 0.535. The zero-order valence-electron chi connectivity index (χ0n) is 11.0. The summed E-state index contributed by atoms with van der Waals surface area (Å²) in [6.07, 6.45) is 3.54. The molecule has 14 heavy (non-hydrogen) atoms. The van der Waals surface area contributed by atoms with Crippen molar-refractivity contribution in [2.24, 2.45) is 0 Å². The molecule has 0 heterocycles. The third-order valence-corrected chi connectivity index (χ3v) is 0.990. The third-order valence-electron chi connectivity index (χ3n) is 0.990. The second-order valence-electron chi connectivity index (χ2n) is 4.90. The van der Waals surface area contributed by atoms with Crippen LogP contribution in [0.5, 0.6) is 0 Å². The minimum Gasteiger partial charge on any atom is -0.687 e. The summed E-state index contributed by atoms with van der Waals surface area (Å²) in [7, 11) is 0. The molecule has 0 spiro atoms. The van der Waals surface area contributed by atoms with Crippen molar-refractivity contribution in [2.45, 2.75) is 52.6 Å². The van der Waals surface area contributed by atoms with Crippen LogP contribution in [0.2, 0.25) is 0 Å². The zero-order valence-corrected chi connectivity index (χ0v) is 11.0. The van der Waals surface area contributed by atoms with E-state index in [0.717, 1.165) is 0 Å². The molecule has 0 saturated carbocycles. The van der Waals surface area contributed by atoms with Crippen LogP contribution >= 0.6 is 0 Å². The van der Waals surface area contributed by atoms with Gasteiger partial charge >= 0.3 is 37.7 Å². The average Bonchev–Trinajstić information content (AvgIpc) is 1.76. The molecule has 0 rings (SSSR count). The number of rotatable bonds is 2. The van der Waals surface area contributed by atoms with Gasteiger partial charge in [0, 0.05) is 0 Å². The summed E-state index contributed by atoms with van der Waals surface area (Å²) in [4.78, 5) is 0. The van der Waals surface area contributed by atoms with Gasteiger partial charge in [0.25, 0.3) is 0 Å². The van der Waals surface area contributed by atoms with Crippen LogP contribution in [0.3, 0.4) is 0 Å². The standard InChI is InChI=1S/C10H20N2.2Li/c1-9(2,3)11-7-8-12-10(4,5)6;;/h7-8H,1-6H3;;/q-2;2*+1/b8-7-;;. The van der Waals surface area contributed by atoms with E-state index >= 15 is 0 Å². The summed E-state index contributed by atoms with van der Waals surface area (Å²) >= 11 is 0. The molecule has 0 bridgehead atoms. The van der Waals surface area contributed by atoms with Crippen LogP contribution in [-0.4, -0.2) is 11.1 Å². The minimum absolute atomic E-state index is 0. The summed E-state index contributed by atoms with van der Waals surface area (Å²) in [5.74, 6) is 0. The van der Waals surface area contributed by atoms with Gasteiger partial charge in [-0.05, 0) is 0 Å². The summed E-state index contributed by atoms with van der Waals surface area (Å²) in [6, 6.07) is 0. The van der Waals surface area contributed by atoms with Gasteiger partial charge < -0.3 is 10.6 Å². The van der Waals surface area contributed by atoms with Crippen molar-refractivity contribution >= 4 is 0 Å². The summed E-state index contributed by atoms with van der Waals surface area (Å²) in [6.45, 7) is 12.4. The van der Waals surface area contributed by atoms with E-state index in [9.17, 15) is 0 Å². The first-order valence-corrected chi connectivity index (χ1v) is 4.30. The minimum atomic E-state index is 0. The smallest absolute Gasteiger partial charge is 0.687 e. The maximum Gasteiger partial charge on any atom is 1.00 e. The van der Waals surface area contributed by atoms with E-state index < -0.39 is 0 Å². The van der Waals surface area contributed by atoms with Gasteiger partial charge in [0.15, 0.2) is 0 Å². The molecule has 72 valence electrons. The van der Waals surface area contributed by atoms with E-state index in [1.165, 1.54) is 0 Å². The van der Waals surface area contributed by atoms with Crippen molar-refractivity contribution in [1.29, 1.82) is 0 Å². The second-order valence-corrected chi connectivity index (χ2v) is 4.90. The first kappa shape index (κ1) is 20.0. The molecular formula is C10H20Li2N2. The molecule has 0 aromatic rings. The van der Waals surface area contributed by atoms with Crippen molar-refractivity contribution in [3.8, 4) is 0 Å². The van der Waals surface area contributed by atoms with Gasteiger partial charge in [0.05, 0.1) is 0 Å². The van der Waals surface area contributed by atoms with Crippen molar-refractivity contribution < 1.29 is 37.7 Å². The largest absolute Gasteiger partial charge is 1.00 e. The molecule has 0 unspecified atom stereocenters. The third kappa shape index (κ3) is 18.3. The van der Waals surface area contributed by atoms with Crippen molar-refractivity contribution in [1.82, 2.24) is 0 Å². The van der Waals surface area contributed by atoms with Gasteiger partial charge in [-0.15, -0.1) is 11.1 Å². The molecule has 2 nitrogen and oxygen atoms in total. The molecule has 0 amide bonds. The maximum atomic E-state index is 4.29. The fraction of sp³-hybridized carbons (Fsp3) is 0.800. The van der Waals surface area contributed by atoms with Crippen molar-refractivity contribution in [3.05, 3.63) is 23.0 Å². The molecule has 0 aliphatic rings. The van der Waals surface area contributed by atoms with E-state index in [1.54, 1.807) is 12.4 Å². The van der Waals surface area contributed by atoms with Crippen LogP contribution in [0.25, 0.3) is 10.6 Å². The molecule has 4 heteroatoms. The normalized spacial score (nSPS) is 11.6. The molecule has 0 fully saturated rings. The summed E-state index contributed by atoms with van der Waals surface area (Å²) in [5.41, 5.74) is 0.00775. The van der Waals surface area contributed by atoms with Crippen LogP contribution in [-0.2, 0) is 0 Å². The molecule has 0 N–H and O–H groups in total. The van der Waals surface area contributed by atoms with Gasteiger partial charge in [-0.2, -0.15) is 0 Å². The van der Waals surface area contributed by atoms with Gasteiger partial charge in [0.1, 0.15) is 0 Å². The van der Waals surface area contributed by atoms with Crippen LogP contribution < -0.4 is 37.7 Å². The Balaban J connectivity index is -0.000000605. The predicted octanol–water partition coefficient (Wildman–Crippen LogP) is -2.19. The van der Waals surface area contributed by atoms with E-state index in [0.29, 0.717) is 0 Å². The first-order valence-electron chi connectivity index (χ1n) is 4.30. The molecule has 0 saturated heterocycles.